The molecule has 0 aromatic heterocycles. The van der Waals surface area contributed by atoms with Crippen LogP contribution in [-0.4, -0.2) is 41.3 Å². The van der Waals surface area contributed by atoms with Crippen molar-refractivity contribution in [3.63, 3.8) is 0 Å². The van der Waals surface area contributed by atoms with Crippen molar-refractivity contribution >= 4 is 12.1 Å². The van der Waals surface area contributed by atoms with E-state index in [1.807, 2.05) is 36.4 Å². The summed E-state index contributed by atoms with van der Waals surface area (Å²) in [4.78, 5) is 24.0. The molecule has 1 fully saturated rings. The van der Waals surface area contributed by atoms with Crippen LogP contribution in [-0.2, 0) is 9.53 Å². The number of ether oxygens (including phenoxy) is 1. The summed E-state index contributed by atoms with van der Waals surface area (Å²) in [7, 11) is 0. The molecule has 5 nitrogen and oxygen atoms in total. The zero-order chi connectivity index (χ0) is 16.0. The fraction of sp³-hybridized carbons (Fsp3) is 0.222. The minimum absolute atomic E-state index is 0.00502. The minimum Gasteiger partial charge on any atom is -0.480 e. The van der Waals surface area contributed by atoms with Crippen molar-refractivity contribution in [3.8, 4) is 11.1 Å². The van der Waals surface area contributed by atoms with E-state index in [2.05, 4.69) is 12.1 Å². The summed E-state index contributed by atoms with van der Waals surface area (Å²) in [6.45, 7) is 0.446. The highest BCUT2D eigenvalue weighted by atomic mass is 16.6. The molecule has 0 spiro atoms. The largest absolute Gasteiger partial charge is 0.480 e. The van der Waals surface area contributed by atoms with Crippen LogP contribution in [0.25, 0.3) is 11.1 Å². The molecule has 1 N–H and O–H groups in total. The summed E-state index contributed by atoms with van der Waals surface area (Å²) in [5.74, 6) is -0.993. The maximum atomic E-state index is 11.9. The van der Waals surface area contributed by atoms with Gasteiger partial charge in [0.05, 0.1) is 6.54 Å². The van der Waals surface area contributed by atoms with Crippen LogP contribution in [0.3, 0.4) is 0 Å². The Bertz CT molecular complexity index is 756. The average molecular weight is 309 g/mol. The third kappa shape index (κ3) is 2.25. The van der Waals surface area contributed by atoms with Crippen LogP contribution in [0.4, 0.5) is 4.79 Å². The van der Waals surface area contributed by atoms with E-state index in [9.17, 15) is 9.59 Å². The fourth-order valence-corrected chi connectivity index (χ4v) is 3.23. The predicted octanol–water partition coefficient (Wildman–Crippen LogP) is 2.70. The summed E-state index contributed by atoms with van der Waals surface area (Å²) in [6.07, 6.45) is -0.556. The number of fused-ring (bicyclic) bond motifs is 3. The highest BCUT2D eigenvalue weighted by molar-refractivity contribution is 5.85. The molecule has 1 heterocycles. The van der Waals surface area contributed by atoms with Gasteiger partial charge in [0.2, 0.25) is 0 Å². The number of rotatable bonds is 3. The number of hydrogen-bond acceptors (Lipinski definition) is 3. The lowest BCUT2D eigenvalue weighted by molar-refractivity contribution is -0.137. The molecular formula is C18H15NO4. The minimum atomic E-state index is -0.987. The van der Waals surface area contributed by atoms with Gasteiger partial charge < -0.3 is 9.84 Å². The van der Waals surface area contributed by atoms with Crippen molar-refractivity contribution in [2.75, 3.05) is 13.2 Å². The van der Waals surface area contributed by atoms with Crippen molar-refractivity contribution in [1.82, 2.24) is 4.90 Å². The monoisotopic (exact) mass is 309 g/mol. The van der Waals surface area contributed by atoms with E-state index in [0.29, 0.717) is 0 Å². The first-order chi connectivity index (χ1) is 11.2. The van der Waals surface area contributed by atoms with E-state index in [4.69, 9.17) is 9.84 Å². The molecule has 2 aromatic rings. The van der Waals surface area contributed by atoms with Gasteiger partial charge in [0.15, 0.2) is 6.04 Å². The molecule has 1 saturated heterocycles. The molecular weight excluding hydrogens is 294 g/mol. The second kappa shape index (κ2) is 5.12. The maximum Gasteiger partial charge on any atom is 0.410 e. The summed E-state index contributed by atoms with van der Waals surface area (Å²) in [6, 6.07) is 15.5. The first-order valence-corrected chi connectivity index (χ1v) is 7.51. The number of amides is 1. The summed E-state index contributed by atoms with van der Waals surface area (Å²) < 4.78 is 5.37. The second-order valence-corrected chi connectivity index (χ2v) is 5.81. The van der Waals surface area contributed by atoms with Gasteiger partial charge in [-0.25, -0.2) is 9.59 Å². The Morgan fingerprint density at radius 1 is 1.04 bits per heavy atom. The molecule has 1 aliphatic heterocycles. The number of hydrogen-bond donors (Lipinski definition) is 1. The lowest BCUT2D eigenvalue weighted by atomic mass is 9.98. The molecule has 5 heteroatoms. The number of benzene rings is 2. The molecule has 0 bridgehead atoms. The number of carbonyl (C=O) groups excluding carboxylic acids is 1. The van der Waals surface area contributed by atoms with Gasteiger partial charge in [-0.2, -0.15) is 0 Å². The SMILES string of the molecule is O=C(O)[C@@H]1CN1C(=O)OCC1c2ccccc2-c2ccccc21. The van der Waals surface area contributed by atoms with E-state index >= 15 is 0 Å². The molecule has 1 amide bonds. The van der Waals surface area contributed by atoms with Crippen LogP contribution < -0.4 is 0 Å². The Morgan fingerprint density at radius 2 is 1.61 bits per heavy atom. The molecule has 2 aliphatic rings. The van der Waals surface area contributed by atoms with Crippen LogP contribution in [0.5, 0.6) is 0 Å². The lowest BCUT2D eigenvalue weighted by Gasteiger charge is -2.14. The first-order valence-electron chi connectivity index (χ1n) is 7.51. The molecule has 23 heavy (non-hydrogen) atoms. The fourth-order valence-electron chi connectivity index (χ4n) is 3.23. The quantitative estimate of drug-likeness (QED) is 0.885. The van der Waals surface area contributed by atoms with E-state index in [1.165, 1.54) is 16.0 Å². The Hall–Kier alpha value is -2.82. The Balaban J connectivity index is 1.53. The van der Waals surface area contributed by atoms with Crippen molar-refractivity contribution in [2.24, 2.45) is 0 Å². The van der Waals surface area contributed by atoms with E-state index in [1.54, 1.807) is 0 Å². The smallest absolute Gasteiger partial charge is 0.410 e. The highest BCUT2D eigenvalue weighted by Gasteiger charge is 2.45. The van der Waals surface area contributed by atoms with Gasteiger partial charge in [0, 0.05) is 5.92 Å². The van der Waals surface area contributed by atoms with Gasteiger partial charge in [0.1, 0.15) is 6.61 Å². The zero-order valence-corrected chi connectivity index (χ0v) is 12.3. The highest BCUT2D eigenvalue weighted by Crippen LogP contribution is 2.44. The number of carboxylic acids is 1. The number of nitrogens with zero attached hydrogens (tertiary/aromatic N) is 1. The van der Waals surface area contributed by atoms with Crippen molar-refractivity contribution in [1.29, 1.82) is 0 Å². The second-order valence-electron chi connectivity index (χ2n) is 5.81. The molecule has 0 unspecified atom stereocenters. The Kier molecular flexibility index (Phi) is 3.08. The Morgan fingerprint density at radius 3 is 2.13 bits per heavy atom. The summed E-state index contributed by atoms with van der Waals surface area (Å²) in [5, 5.41) is 8.86. The van der Waals surface area contributed by atoms with Gasteiger partial charge in [-0.15, -0.1) is 0 Å². The zero-order valence-electron chi connectivity index (χ0n) is 12.3. The molecule has 1 aliphatic carbocycles. The third-order valence-electron chi connectivity index (χ3n) is 4.47. The summed E-state index contributed by atoms with van der Waals surface area (Å²) >= 11 is 0. The molecule has 4 rings (SSSR count). The first kappa shape index (κ1) is 13.8. The van der Waals surface area contributed by atoms with E-state index < -0.39 is 18.1 Å². The van der Waals surface area contributed by atoms with Crippen LogP contribution in [0.1, 0.15) is 17.0 Å². The van der Waals surface area contributed by atoms with Gasteiger partial charge in [-0.05, 0) is 22.3 Å². The van der Waals surface area contributed by atoms with Gasteiger partial charge in [-0.1, -0.05) is 48.5 Å². The molecule has 0 radical (unpaired) electrons. The molecule has 116 valence electrons. The topological polar surface area (TPSA) is 66.6 Å². The van der Waals surface area contributed by atoms with Gasteiger partial charge in [0.25, 0.3) is 0 Å². The standard InChI is InChI=1S/C18H15NO4/c20-17(21)16-9-19(16)18(22)23-10-15-13-7-3-1-5-11(13)12-6-2-4-8-14(12)15/h1-8,15-16H,9-10H2,(H,20,21)/t16-,19?/m0/s1. The van der Waals surface area contributed by atoms with Gasteiger partial charge >= 0.3 is 12.1 Å². The van der Waals surface area contributed by atoms with Crippen molar-refractivity contribution < 1.29 is 19.4 Å². The molecule has 2 aromatic carbocycles. The van der Waals surface area contributed by atoms with E-state index in [-0.39, 0.29) is 19.1 Å². The Labute approximate surface area is 133 Å². The number of carboxylic acid groups (broad SMARTS) is 1. The normalized spacial score (nSPS) is 18.3. The van der Waals surface area contributed by atoms with E-state index in [0.717, 1.165) is 11.1 Å². The number of carbonyl (C=O) groups is 2. The van der Waals surface area contributed by atoms with Crippen molar-refractivity contribution in [3.05, 3.63) is 59.7 Å². The van der Waals surface area contributed by atoms with Gasteiger partial charge in [-0.3, -0.25) is 4.90 Å². The summed E-state index contributed by atoms with van der Waals surface area (Å²) in [5.41, 5.74) is 4.61. The van der Waals surface area contributed by atoms with Crippen LogP contribution >= 0.6 is 0 Å². The molecule has 1 atom stereocenters. The number of aliphatic carboxylic acids is 1. The third-order valence-corrected chi connectivity index (χ3v) is 4.47. The van der Waals surface area contributed by atoms with Crippen molar-refractivity contribution in [2.45, 2.75) is 12.0 Å². The maximum absolute atomic E-state index is 11.9. The lowest BCUT2D eigenvalue weighted by Crippen LogP contribution is -2.21. The molecule has 0 saturated carbocycles. The van der Waals surface area contributed by atoms with Crippen LogP contribution in [0.2, 0.25) is 0 Å². The predicted molar refractivity (Wildman–Crippen MR) is 83.2 cm³/mol. The van der Waals surface area contributed by atoms with Crippen LogP contribution in [0, 0.1) is 0 Å². The van der Waals surface area contributed by atoms with Crippen LogP contribution in [0.15, 0.2) is 48.5 Å². The average Bonchev–Trinajstić information content (AvgIpc) is 3.31.